The normalized spacial score (nSPS) is 13.8. The van der Waals surface area contributed by atoms with E-state index in [1.807, 2.05) is 19.9 Å². The minimum absolute atomic E-state index is 0.168. The van der Waals surface area contributed by atoms with E-state index in [0.29, 0.717) is 16.3 Å². The lowest BCUT2D eigenvalue weighted by atomic mass is 9.89. The highest BCUT2D eigenvalue weighted by molar-refractivity contribution is 7.98. The number of nitrogens with one attached hydrogen (secondary N) is 1. The number of ether oxygens (including phenoxy) is 1. The zero-order valence-corrected chi connectivity index (χ0v) is 19.6. The second-order valence-corrected chi connectivity index (χ2v) is 9.14. The van der Waals surface area contributed by atoms with Crippen LogP contribution in [-0.2, 0) is 28.1 Å². The molecule has 1 aliphatic rings. The minimum atomic E-state index is -0.585. The monoisotopic (exact) mass is 465 g/mol. The summed E-state index contributed by atoms with van der Waals surface area (Å²) in [4.78, 5) is 29.3. The molecule has 3 aromatic rings. The van der Waals surface area contributed by atoms with Crippen molar-refractivity contribution in [2.75, 3.05) is 6.61 Å². The Morgan fingerprint density at radius 1 is 1.18 bits per heavy atom. The molecule has 1 unspecified atom stereocenters. The lowest BCUT2D eigenvalue weighted by Gasteiger charge is -2.20. The molecule has 0 aliphatic heterocycles. The maximum absolute atomic E-state index is 12.6. The number of benzene rings is 1. The number of aromatic nitrogens is 2. The SMILES string of the molecule is Cc1cc(CSc2ncccc2C(=O)OCC(=O)NC(C)c2ccc3c(c2)CCCC3)no1. The van der Waals surface area contributed by atoms with Crippen LogP contribution in [0.3, 0.4) is 0 Å². The molecule has 33 heavy (non-hydrogen) atoms. The Kier molecular flexibility index (Phi) is 7.44. The molecular weight excluding hydrogens is 438 g/mol. The summed E-state index contributed by atoms with van der Waals surface area (Å²) in [6.45, 7) is 3.41. The van der Waals surface area contributed by atoms with Crippen LogP contribution in [0.2, 0.25) is 0 Å². The van der Waals surface area contributed by atoms with E-state index in [0.717, 1.165) is 29.9 Å². The summed E-state index contributed by atoms with van der Waals surface area (Å²) in [5.74, 6) is 0.304. The third kappa shape index (κ3) is 6.01. The molecule has 7 nitrogen and oxygen atoms in total. The maximum atomic E-state index is 12.6. The number of fused-ring (bicyclic) bond motifs is 1. The fraction of sp³-hybridized carbons (Fsp3) is 0.360. The number of carbonyl (C=O) groups is 2. The first kappa shape index (κ1) is 23.0. The lowest BCUT2D eigenvalue weighted by Crippen LogP contribution is -2.31. The Bertz CT molecular complexity index is 1140. The number of esters is 1. The zero-order chi connectivity index (χ0) is 23.2. The van der Waals surface area contributed by atoms with Gasteiger partial charge in [0.15, 0.2) is 6.61 Å². The van der Waals surface area contributed by atoms with E-state index >= 15 is 0 Å². The first-order valence-corrected chi connectivity index (χ1v) is 12.1. The van der Waals surface area contributed by atoms with Crippen molar-refractivity contribution in [3.05, 3.63) is 76.3 Å². The number of amides is 1. The molecule has 0 saturated carbocycles. The predicted octanol–water partition coefficient (Wildman–Crippen LogP) is 4.58. The van der Waals surface area contributed by atoms with Crippen LogP contribution in [0.25, 0.3) is 0 Å². The van der Waals surface area contributed by atoms with E-state index in [1.54, 1.807) is 18.3 Å². The van der Waals surface area contributed by atoms with E-state index in [4.69, 9.17) is 9.26 Å². The molecule has 0 bridgehead atoms. The van der Waals surface area contributed by atoms with Crippen LogP contribution in [-0.4, -0.2) is 28.6 Å². The molecular formula is C25H27N3O4S. The lowest BCUT2D eigenvalue weighted by molar-refractivity contribution is -0.124. The summed E-state index contributed by atoms with van der Waals surface area (Å²) in [5.41, 5.74) is 4.91. The smallest absolute Gasteiger partial charge is 0.341 e. The van der Waals surface area contributed by atoms with Gasteiger partial charge in [-0.2, -0.15) is 0 Å². The molecule has 0 radical (unpaired) electrons. The number of hydrogen-bond donors (Lipinski definition) is 1. The molecule has 172 valence electrons. The highest BCUT2D eigenvalue weighted by atomic mass is 32.2. The van der Waals surface area contributed by atoms with Gasteiger partial charge >= 0.3 is 5.97 Å². The van der Waals surface area contributed by atoms with Gasteiger partial charge in [-0.15, -0.1) is 0 Å². The number of thioether (sulfide) groups is 1. The summed E-state index contributed by atoms with van der Waals surface area (Å²) >= 11 is 1.36. The van der Waals surface area contributed by atoms with Gasteiger partial charge in [0.2, 0.25) is 0 Å². The van der Waals surface area contributed by atoms with Gasteiger partial charge in [0.1, 0.15) is 10.8 Å². The van der Waals surface area contributed by atoms with E-state index in [-0.39, 0.29) is 18.6 Å². The zero-order valence-electron chi connectivity index (χ0n) is 18.8. The van der Waals surface area contributed by atoms with Crippen molar-refractivity contribution in [3.8, 4) is 0 Å². The first-order valence-electron chi connectivity index (χ1n) is 11.1. The van der Waals surface area contributed by atoms with Gasteiger partial charge in [0.05, 0.1) is 17.3 Å². The Morgan fingerprint density at radius 2 is 2.00 bits per heavy atom. The molecule has 8 heteroatoms. The average molecular weight is 466 g/mol. The molecule has 1 aromatic carbocycles. The Morgan fingerprint density at radius 3 is 2.79 bits per heavy atom. The van der Waals surface area contributed by atoms with Crippen LogP contribution in [0.5, 0.6) is 0 Å². The highest BCUT2D eigenvalue weighted by Crippen LogP contribution is 2.26. The van der Waals surface area contributed by atoms with Crippen molar-refractivity contribution in [1.29, 1.82) is 0 Å². The first-order chi connectivity index (χ1) is 16.0. The van der Waals surface area contributed by atoms with Crippen molar-refractivity contribution in [1.82, 2.24) is 15.5 Å². The van der Waals surface area contributed by atoms with Crippen LogP contribution in [0.15, 0.2) is 52.1 Å². The van der Waals surface area contributed by atoms with Gasteiger partial charge in [-0.1, -0.05) is 35.1 Å². The number of carbonyl (C=O) groups excluding carboxylic acids is 2. The number of nitrogens with zero attached hydrogens (tertiary/aromatic N) is 2. The minimum Gasteiger partial charge on any atom is -0.452 e. The van der Waals surface area contributed by atoms with Crippen molar-refractivity contribution in [3.63, 3.8) is 0 Å². The Hall–Kier alpha value is -3.13. The molecule has 0 saturated heterocycles. The second kappa shape index (κ2) is 10.7. The quantitative estimate of drug-likeness (QED) is 0.384. The number of hydrogen-bond acceptors (Lipinski definition) is 7. The highest BCUT2D eigenvalue weighted by Gasteiger charge is 2.18. The summed E-state index contributed by atoms with van der Waals surface area (Å²) in [6, 6.07) is 11.4. The summed E-state index contributed by atoms with van der Waals surface area (Å²) in [7, 11) is 0. The van der Waals surface area contributed by atoms with Crippen LogP contribution in [0.1, 0.15) is 64.3 Å². The molecule has 0 spiro atoms. The van der Waals surface area contributed by atoms with Gasteiger partial charge in [-0.25, -0.2) is 9.78 Å². The van der Waals surface area contributed by atoms with Crippen molar-refractivity contribution >= 4 is 23.6 Å². The summed E-state index contributed by atoms with van der Waals surface area (Å²) in [5, 5.41) is 7.39. The van der Waals surface area contributed by atoms with E-state index in [1.165, 1.54) is 35.7 Å². The molecule has 2 heterocycles. The molecule has 1 amide bonds. The van der Waals surface area contributed by atoms with Gasteiger partial charge < -0.3 is 14.6 Å². The summed E-state index contributed by atoms with van der Waals surface area (Å²) in [6.07, 6.45) is 6.27. The van der Waals surface area contributed by atoms with Gasteiger partial charge in [-0.3, -0.25) is 4.79 Å². The van der Waals surface area contributed by atoms with Crippen LogP contribution >= 0.6 is 11.8 Å². The topological polar surface area (TPSA) is 94.3 Å². The third-order valence-electron chi connectivity index (χ3n) is 5.61. The average Bonchev–Trinajstić information content (AvgIpc) is 3.26. The fourth-order valence-corrected chi connectivity index (χ4v) is 4.75. The number of rotatable bonds is 8. The van der Waals surface area contributed by atoms with Crippen LogP contribution < -0.4 is 5.32 Å². The van der Waals surface area contributed by atoms with Crippen molar-refractivity contribution in [2.24, 2.45) is 0 Å². The molecule has 0 fully saturated rings. The molecule has 2 aromatic heterocycles. The fourth-order valence-electron chi connectivity index (χ4n) is 3.89. The van der Waals surface area contributed by atoms with E-state index in [2.05, 4.69) is 33.7 Å². The maximum Gasteiger partial charge on any atom is 0.341 e. The molecule has 1 N–H and O–H groups in total. The van der Waals surface area contributed by atoms with Crippen LogP contribution in [0, 0.1) is 6.92 Å². The number of pyridine rings is 1. The molecule has 4 rings (SSSR count). The Labute approximate surface area is 197 Å². The van der Waals surface area contributed by atoms with Gasteiger partial charge in [0.25, 0.3) is 5.91 Å². The molecule has 1 aliphatic carbocycles. The summed E-state index contributed by atoms with van der Waals surface area (Å²) < 4.78 is 10.3. The largest absolute Gasteiger partial charge is 0.452 e. The van der Waals surface area contributed by atoms with Crippen molar-refractivity contribution in [2.45, 2.75) is 56.4 Å². The second-order valence-electron chi connectivity index (χ2n) is 8.17. The van der Waals surface area contributed by atoms with Crippen LogP contribution in [0.4, 0.5) is 0 Å². The predicted molar refractivity (Wildman–Crippen MR) is 125 cm³/mol. The van der Waals surface area contributed by atoms with Crippen molar-refractivity contribution < 1.29 is 18.8 Å². The standard InChI is InChI=1S/C25H27N3O4S/c1-16-12-21(28-32-16)15-33-24-22(8-5-11-26-24)25(30)31-14-23(29)27-17(2)19-10-9-18-6-3-4-7-20(18)13-19/h5,8-13,17H,3-4,6-7,14-15H2,1-2H3,(H,27,29). The van der Waals surface area contributed by atoms with Gasteiger partial charge in [-0.05, 0) is 68.4 Å². The number of aryl methyl sites for hydroxylation is 3. The van der Waals surface area contributed by atoms with E-state index in [9.17, 15) is 9.59 Å². The molecule has 1 atom stereocenters. The Balaban J connectivity index is 1.31. The third-order valence-corrected chi connectivity index (χ3v) is 6.65. The van der Waals surface area contributed by atoms with E-state index < -0.39 is 5.97 Å². The van der Waals surface area contributed by atoms with Gasteiger partial charge in [0, 0.05) is 18.0 Å².